The van der Waals surface area contributed by atoms with Crippen molar-refractivity contribution >= 4 is 22.5 Å². The highest BCUT2D eigenvalue weighted by Gasteiger charge is 2.30. The molecule has 3 aromatic rings. The number of aromatic amines is 1. The molecule has 6 nitrogen and oxygen atoms in total. The fraction of sp³-hybridized carbons (Fsp3) is 0.167. The van der Waals surface area contributed by atoms with Gasteiger partial charge in [-0.2, -0.15) is 13.2 Å². The lowest BCUT2D eigenvalue weighted by Gasteiger charge is -2.11. The molecular formula is C18H14F3N3O3. The third kappa shape index (κ3) is 4.08. The van der Waals surface area contributed by atoms with E-state index < -0.39 is 28.9 Å². The summed E-state index contributed by atoms with van der Waals surface area (Å²) in [4.78, 5) is 38.1. The summed E-state index contributed by atoms with van der Waals surface area (Å²) in [5, 5.41) is 2.68. The van der Waals surface area contributed by atoms with Crippen LogP contribution in [0, 0.1) is 0 Å². The zero-order chi connectivity index (χ0) is 19.6. The Labute approximate surface area is 150 Å². The summed E-state index contributed by atoms with van der Waals surface area (Å²) in [7, 11) is 0. The molecule has 0 aliphatic heterocycles. The zero-order valence-electron chi connectivity index (χ0n) is 13.8. The number of rotatable bonds is 4. The SMILES string of the molecule is O=C(CCn1c(=O)[nH]c(=O)c2ccccc21)Nc1cccc(C(F)(F)F)c1. The average Bonchev–Trinajstić information content (AvgIpc) is 2.61. The topological polar surface area (TPSA) is 84.0 Å². The van der Waals surface area contributed by atoms with Gasteiger partial charge in [-0.1, -0.05) is 18.2 Å². The number of halogens is 3. The molecule has 27 heavy (non-hydrogen) atoms. The molecule has 2 aromatic carbocycles. The van der Waals surface area contributed by atoms with Gasteiger partial charge in [0.15, 0.2) is 0 Å². The molecule has 0 aliphatic carbocycles. The molecule has 2 N–H and O–H groups in total. The van der Waals surface area contributed by atoms with Crippen LogP contribution in [0.1, 0.15) is 12.0 Å². The van der Waals surface area contributed by atoms with E-state index in [1.54, 1.807) is 24.3 Å². The van der Waals surface area contributed by atoms with E-state index in [2.05, 4.69) is 10.3 Å². The van der Waals surface area contributed by atoms with Crippen LogP contribution in [0.5, 0.6) is 0 Å². The van der Waals surface area contributed by atoms with Gasteiger partial charge in [0.05, 0.1) is 16.5 Å². The Morgan fingerprint density at radius 3 is 2.56 bits per heavy atom. The molecule has 0 fully saturated rings. The summed E-state index contributed by atoms with van der Waals surface area (Å²) in [5.41, 5.74) is -1.68. The Kier molecular flexibility index (Phi) is 4.85. The number of nitrogens with one attached hydrogen (secondary N) is 2. The van der Waals surface area contributed by atoms with Gasteiger partial charge in [-0.05, 0) is 30.3 Å². The number of carbonyl (C=O) groups is 1. The minimum Gasteiger partial charge on any atom is -0.326 e. The van der Waals surface area contributed by atoms with Crippen LogP contribution in [0.2, 0.25) is 0 Å². The molecular weight excluding hydrogens is 363 g/mol. The zero-order valence-corrected chi connectivity index (χ0v) is 13.8. The summed E-state index contributed by atoms with van der Waals surface area (Å²) >= 11 is 0. The molecule has 0 saturated carbocycles. The van der Waals surface area contributed by atoms with Gasteiger partial charge < -0.3 is 5.32 Å². The normalized spacial score (nSPS) is 11.5. The van der Waals surface area contributed by atoms with E-state index >= 15 is 0 Å². The van der Waals surface area contributed by atoms with E-state index in [1.807, 2.05) is 0 Å². The summed E-state index contributed by atoms with van der Waals surface area (Å²) in [6, 6.07) is 10.7. The molecule has 3 rings (SSSR count). The largest absolute Gasteiger partial charge is 0.416 e. The molecule has 0 unspecified atom stereocenters. The molecule has 0 bridgehead atoms. The number of amides is 1. The summed E-state index contributed by atoms with van der Waals surface area (Å²) in [5.74, 6) is -0.559. The molecule has 0 spiro atoms. The monoisotopic (exact) mass is 377 g/mol. The number of para-hydroxylation sites is 1. The third-order valence-corrected chi connectivity index (χ3v) is 3.94. The summed E-state index contributed by atoms with van der Waals surface area (Å²) in [6.07, 6.45) is -4.67. The van der Waals surface area contributed by atoms with Gasteiger partial charge in [0.1, 0.15) is 0 Å². The Bertz CT molecular complexity index is 1120. The number of fused-ring (bicyclic) bond motifs is 1. The minimum atomic E-state index is -4.51. The summed E-state index contributed by atoms with van der Waals surface area (Å²) in [6.45, 7) is -0.0408. The molecule has 1 amide bonds. The maximum atomic E-state index is 12.7. The van der Waals surface area contributed by atoms with Crippen LogP contribution >= 0.6 is 0 Å². The number of aryl methyl sites for hydroxylation is 1. The van der Waals surface area contributed by atoms with E-state index in [0.717, 1.165) is 12.1 Å². The Balaban J connectivity index is 1.77. The number of anilines is 1. The Morgan fingerprint density at radius 1 is 1.07 bits per heavy atom. The standard InChI is InChI=1S/C18H14F3N3O3/c19-18(20,21)11-4-3-5-12(10-11)22-15(25)8-9-24-14-7-2-1-6-13(14)16(26)23-17(24)27/h1-7,10H,8-9H2,(H,22,25)(H,23,26,27). The summed E-state index contributed by atoms with van der Waals surface area (Å²) < 4.78 is 39.4. The highest BCUT2D eigenvalue weighted by molar-refractivity contribution is 5.90. The molecule has 0 atom stereocenters. The molecule has 0 aliphatic rings. The predicted molar refractivity (Wildman–Crippen MR) is 93.5 cm³/mol. The first kappa shape index (κ1) is 18.4. The van der Waals surface area contributed by atoms with Crippen molar-refractivity contribution in [3.63, 3.8) is 0 Å². The van der Waals surface area contributed by atoms with Gasteiger partial charge in [0.2, 0.25) is 5.91 Å². The van der Waals surface area contributed by atoms with Gasteiger partial charge in [0.25, 0.3) is 5.56 Å². The predicted octanol–water partition coefficient (Wildman–Crippen LogP) is 2.74. The van der Waals surface area contributed by atoms with E-state index in [0.29, 0.717) is 10.9 Å². The first-order valence-corrected chi connectivity index (χ1v) is 7.95. The quantitative estimate of drug-likeness (QED) is 0.733. The number of benzene rings is 2. The number of aromatic nitrogens is 2. The fourth-order valence-corrected chi connectivity index (χ4v) is 2.67. The van der Waals surface area contributed by atoms with Gasteiger partial charge in [-0.15, -0.1) is 0 Å². The van der Waals surface area contributed by atoms with Crippen LogP contribution in [0.3, 0.4) is 0 Å². The molecule has 1 heterocycles. The van der Waals surface area contributed by atoms with Crippen molar-refractivity contribution in [2.45, 2.75) is 19.1 Å². The minimum absolute atomic E-state index is 0.00787. The number of hydrogen-bond donors (Lipinski definition) is 2. The van der Waals surface area contributed by atoms with Gasteiger partial charge in [-0.3, -0.25) is 19.1 Å². The van der Waals surface area contributed by atoms with Crippen molar-refractivity contribution in [1.29, 1.82) is 0 Å². The smallest absolute Gasteiger partial charge is 0.326 e. The number of H-pyrrole nitrogens is 1. The van der Waals surface area contributed by atoms with Crippen molar-refractivity contribution in [2.24, 2.45) is 0 Å². The van der Waals surface area contributed by atoms with Crippen LogP contribution in [-0.2, 0) is 17.5 Å². The number of carbonyl (C=O) groups excluding carboxylic acids is 1. The highest BCUT2D eigenvalue weighted by Crippen LogP contribution is 2.30. The van der Waals surface area contributed by atoms with E-state index in [-0.39, 0.29) is 18.7 Å². The lowest BCUT2D eigenvalue weighted by atomic mass is 10.2. The van der Waals surface area contributed by atoms with E-state index in [4.69, 9.17) is 0 Å². The molecule has 140 valence electrons. The Morgan fingerprint density at radius 2 is 1.81 bits per heavy atom. The van der Waals surface area contributed by atoms with Crippen molar-refractivity contribution in [3.8, 4) is 0 Å². The lowest BCUT2D eigenvalue weighted by Crippen LogP contribution is -2.31. The second kappa shape index (κ2) is 7.10. The van der Waals surface area contributed by atoms with Gasteiger partial charge in [0, 0.05) is 18.7 Å². The molecule has 0 saturated heterocycles. The van der Waals surface area contributed by atoms with Crippen LogP contribution in [0.25, 0.3) is 10.9 Å². The highest BCUT2D eigenvalue weighted by atomic mass is 19.4. The third-order valence-electron chi connectivity index (χ3n) is 3.94. The first-order valence-electron chi connectivity index (χ1n) is 7.95. The van der Waals surface area contributed by atoms with E-state index in [1.165, 1.54) is 16.7 Å². The molecule has 9 heteroatoms. The van der Waals surface area contributed by atoms with Crippen LogP contribution < -0.4 is 16.6 Å². The van der Waals surface area contributed by atoms with Crippen LogP contribution in [-0.4, -0.2) is 15.5 Å². The average molecular weight is 377 g/mol. The van der Waals surface area contributed by atoms with Crippen molar-refractivity contribution in [2.75, 3.05) is 5.32 Å². The number of alkyl halides is 3. The van der Waals surface area contributed by atoms with Crippen LogP contribution in [0.4, 0.5) is 18.9 Å². The fourth-order valence-electron chi connectivity index (χ4n) is 2.67. The molecule has 1 aromatic heterocycles. The Hall–Kier alpha value is -3.36. The van der Waals surface area contributed by atoms with E-state index in [9.17, 15) is 27.6 Å². The van der Waals surface area contributed by atoms with Crippen molar-refractivity contribution in [1.82, 2.24) is 9.55 Å². The lowest BCUT2D eigenvalue weighted by molar-refractivity contribution is -0.137. The van der Waals surface area contributed by atoms with Crippen molar-refractivity contribution < 1.29 is 18.0 Å². The van der Waals surface area contributed by atoms with Gasteiger partial charge in [-0.25, -0.2) is 4.79 Å². The van der Waals surface area contributed by atoms with Gasteiger partial charge >= 0.3 is 11.9 Å². The number of hydrogen-bond acceptors (Lipinski definition) is 3. The second-order valence-electron chi connectivity index (χ2n) is 5.80. The first-order chi connectivity index (χ1) is 12.8. The van der Waals surface area contributed by atoms with Crippen LogP contribution in [0.15, 0.2) is 58.1 Å². The maximum absolute atomic E-state index is 12.7. The maximum Gasteiger partial charge on any atom is 0.416 e. The molecule has 0 radical (unpaired) electrons. The van der Waals surface area contributed by atoms with Crippen molar-refractivity contribution in [3.05, 3.63) is 74.9 Å². The number of nitrogens with zero attached hydrogens (tertiary/aromatic N) is 1. The second-order valence-corrected chi connectivity index (χ2v) is 5.80.